The van der Waals surface area contributed by atoms with Gasteiger partial charge in [-0.1, -0.05) is 133 Å². The van der Waals surface area contributed by atoms with Crippen molar-refractivity contribution in [1.29, 1.82) is 0 Å². The van der Waals surface area contributed by atoms with Crippen LogP contribution >= 0.6 is 0 Å². The van der Waals surface area contributed by atoms with Crippen molar-refractivity contribution in [2.45, 2.75) is 0 Å². The van der Waals surface area contributed by atoms with E-state index in [1.54, 1.807) is 0 Å². The minimum atomic E-state index is 0.637. The topological polar surface area (TPSA) is 48.0 Å². The van der Waals surface area contributed by atoms with E-state index in [0.29, 0.717) is 17.5 Å². The van der Waals surface area contributed by atoms with Crippen molar-refractivity contribution in [2.24, 2.45) is 0 Å². The Morgan fingerprint density at radius 1 is 0.370 bits per heavy atom. The van der Waals surface area contributed by atoms with Gasteiger partial charge in [0.2, 0.25) is 0 Å². The highest BCUT2D eigenvalue weighted by molar-refractivity contribution is 6.10. The minimum absolute atomic E-state index is 0.637. The minimum Gasteiger partial charge on any atom is -0.293 e. The fourth-order valence-electron chi connectivity index (χ4n) is 6.49. The number of rotatable bonds is 5. The van der Waals surface area contributed by atoms with E-state index in [9.17, 15) is 0 Å². The standard InChI is InChI=1S/C41H27N5/c1-5-15-28(16-6-1)37-33-26-25-31(40-43-38(29-17-7-2-8-18-29)42-39(44-40)30-19-9-3-10-20-30)27-36(33)46-35-24-14-13-23-34(35)45(41(37)46)32-21-11-4-12-22-32/h1-27H. The van der Waals surface area contributed by atoms with Crippen molar-refractivity contribution in [2.75, 3.05) is 0 Å². The number of imidazole rings is 1. The molecule has 0 atom stereocenters. The maximum atomic E-state index is 5.03. The van der Waals surface area contributed by atoms with Crippen LogP contribution < -0.4 is 0 Å². The lowest BCUT2D eigenvalue weighted by Gasteiger charge is -2.09. The highest BCUT2D eigenvalue weighted by Gasteiger charge is 2.23. The van der Waals surface area contributed by atoms with Crippen molar-refractivity contribution in [1.82, 2.24) is 23.9 Å². The maximum Gasteiger partial charge on any atom is 0.164 e. The second-order valence-electron chi connectivity index (χ2n) is 11.3. The van der Waals surface area contributed by atoms with E-state index in [2.05, 4.69) is 112 Å². The Morgan fingerprint density at radius 2 is 0.848 bits per heavy atom. The average molecular weight is 590 g/mol. The van der Waals surface area contributed by atoms with E-state index in [-0.39, 0.29) is 0 Å². The lowest BCUT2D eigenvalue weighted by Crippen LogP contribution is -2.00. The number of fused-ring (bicyclic) bond motifs is 5. The smallest absolute Gasteiger partial charge is 0.164 e. The lowest BCUT2D eigenvalue weighted by molar-refractivity contribution is 1.07. The Balaban J connectivity index is 1.36. The van der Waals surface area contributed by atoms with Gasteiger partial charge in [-0.3, -0.25) is 8.97 Å². The summed E-state index contributed by atoms with van der Waals surface area (Å²) in [6.07, 6.45) is 0. The quantitative estimate of drug-likeness (QED) is 0.201. The fraction of sp³-hybridized carbons (Fsp3) is 0. The first kappa shape index (κ1) is 26.1. The van der Waals surface area contributed by atoms with Crippen LogP contribution in [0.2, 0.25) is 0 Å². The molecule has 3 aromatic heterocycles. The van der Waals surface area contributed by atoms with Crippen LogP contribution in [-0.2, 0) is 0 Å². The van der Waals surface area contributed by atoms with Gasteiger partial charge in [0, 0.05) is 33.3 Å². The van der Waals surface area contributed by atoms with Crippen molar-refractivity contribution >= 4 is 27.6 Å². The van der Waals surface area contributed by atoms with Crippen LogP contribution in [0, 0.1) is 0 Å². The largest absolute Gasteiger partial charge is 0.293 e. The van der Waals surface area contributed by atoms with Crippen molar-refractivity contribution in [3.63, 3.8) is 0 Å². The molecular weight excluding hydrogens is 562 g/mol. The van der Waals surface area contributed by atoms with Gasteiger partial charge in [-0.25, -0.2) is 15.0 Å². The number of hydrogen-bond donors (Lipinski definition) is 0. The summed E-state index contributed by atoms with van der Waals surface area (Å²) in [5, 5.41) is 1.17. The van der Waals surface area contributed by atoms with Gasteiger partial charge in [-0.2, -0.15) is 0 Å². The van der Waals surface area contributed by atoms with E-state index in [0.717, 1.165) is 44.6 Å². The summed E-state index contributed by atoms with van der Waals surface area (Å²) >= 11 is 0. The normalized spacial score (nSPS) is 11.5. The molecule has 216 valence electrons. The second-order valence-corrected chi connectivity index (χ2v) is 11.3. The second kappa shape index (κ2) is 10.7. The highest BCUT2D eigenvalue weighted by atomic mass is 15.1. The molecule has 0 saturated heterocycles. The molecule has 0 unspecified atom stereocenters. The van der Waals surface area contributed by atoms with Crippen LogP contribution in [-0.4, -0.2) is 23.9 Å². The Bertz CT molecular complexity index is 2440. The van der Waals surface area contributed by atoms with E-state index in [1.807, 2.05) is 60.7 Å². The fourth-order valence-corrected chi connectivity index (χ4v) is 6.49. The van der Waals surface area contributed by atoms with Gasteiger partial charge in [0.05, 0.1) is 16.6 Å². The van der Waals surface area contributed by atoms with Crippen molar-refractivity contribution < 1.29 is 0 Å². The zero-order chi connectivity index (χ0) is 30.5. The first-order chi connectivity index (χ1) is 22.8. The molecular formula is C41H27N5. The van der Waals surface area contributed by atoms with E-state index >= 15 is 0 Å². The molecule has 5 nitrogen and oxygen atoms in total. The van der Waals surface area contributed by atoms with Gasteiger partial charge in [0.1, 0.15) is 5.65 Å². The monoisotopic (exact) mass is 589 g/mol. The number of aromatic nitrogens is 5. The molecule has 9 rings (SSSR count). The summed E-state index contributed by atoms with van der Waals surface area (Å²) in [7, 11) is 0. The zero-order valence-corrected chi connectivity index (χ0v) is 24.8. The zero-order valence-electron chi connectivity index (χ0n) is 24.8. The molecule has 0 amide bonds. The predicted octanol–water partition coefficient (Wildman–Crippen LogP) is 9.89. The highest BCUT2D eigenvalue weighted by Crippen LogP contribution is 2.41. The van der Waals surface area contributed by atoms with Gasteiger partial charge < -0.3 is 0 Å². The molecule has 0 aliphatic heterocycles. The van der Waals surface area contributed by atoms with Crippen molar-refractivity contribution in [3.8, 4) is 51.0 Å². The molecule has 5 heteroatoms. The molecule has 6 aromatic carbocycles. The van der Waals surface area contributed by atoms with Gasteiger partial charge in [0.15, 0.2) is 17.5 Å². The predicted molar refractivity (Wildman–Crippen MR) is 187 cm³/mol. The third kappa shape index (κ3) is 4.21. The van der Waals surface area contributed by atoms with Gasteiger partial charge >= 0.3 is 0 Å². The van der Waals surface area contributed by atoms with E-state index < -0.39 is 0 Å². The summed E-state index contributed by atoms with van der Waals surface area (Å²) in [4.78, 5) is 15.0. The molecule has 0 saturated carbocycles. The van der Waals surface area contributed by atoms with Crippen molar-refractivity contribution in [3.05, 3.63) is 164 Å². The SMILES string of the molecule is c1ccc(-c2nc(-c3ccccc3)nc(-c3ccc4c(-c5ccccc5)c5n(-c6ccccc6)c6ccccc6n5c4c3)n2)cc1. The van der Waals surface area contributed by atoms with E-state index in [1.165, 1.54) is 16.5 Å². The summed E-state index contributed by atoms with van der Waals surface area (Å²) in [5.41, 5.74) is 10.8. The molecule has 0 spiro atoms. The van der Waals surface area contributed by atoms with Gasteiger partial charge in [-0.05, 0) is 35.9 Å². The number of benzene rings is 6. The molecule has 46 heavy (non-hydrogen) atoms. The molecule has 0 aliphatic rings. The lowest BCUT2D eigenvalue weighted by atomic mass is 10.0. The summed E-state index contributed by atoms with van der Waals surface area (Å²) in [6.45, 7) is 0. The number of nitrogens with zero attached hydrogens (tertiary/aromatic N) is 5. The molecule has 0 N–H and O–H groups in total. The first-order valence-corrected chi connectivity index (χ1v) is 15.4. The third-order valence-electron chi connectivity index (χ3n) is 8.55. The molecule has 0 fully saturated rings. The third-order valence-corrected chi connectivity index (χ3v) is 8.55. The summed E-state index contributed by atoms with van der Waals surface area (Å²) in [5.74, 6) is 1.93. The first-order valence-electron chi connectivity index (χ1n) is 15.4. The average Bonchev–Trinajstić information content (AvgIpc) is 3.65. The number of para-hydroxylation sites is 3. The summed E-state index contributed by atoms with van der Waals surface area (Å²) < 4.78 is 4.77. The number of hydrogen-bond acceptors (Lipinski definition) is 3. The van der Waals surface area contributed by atoms with Crippen LogP contribution in [0.25, 0.3) is 78.6 Å². The molecule has 9 aromatic rings. The van der Waals surface area contributed by atoms with Crippen LogP contribution in [0.1, 0.15) is 0 Å². The molecule has 0 radical (unpaired) electrons. The Hall–Kier alpha value is -6.33. The van der Waals surface area contributed by atoms with Crippen LogP contribution in [0.4, 0.5) is 0 Å². The molecule has 0 aliphatic carbocycles. The molecule has 3 heterocycles. The molecule has 0 bridgehead atoms. The van der Waals surface area contributed by atoms with Crippen LogP contribution in [0.3, 0.4) is 0 Å². The Morgan fingerprint density at radius 3 is 1.43 bits per heavy atom. The Labute approximate surface area is 265 Å². The van der Waals surface area contributed by atoms with Crippen LogP contribution in [0.5, 0.6) is 0 Å². The Kier molecular flexibility index (Phi) is 6.06. The van der Waals surface area contributed by atoms with Gasteiger partial charge in [-0.15, -0.1) is 0 Å². The maximum absolute atomic E-state index is 5.03. The summed E-state index contributed by atoms with van der Waals surface area (Å²) in [6, 6.07) is 56.7. The van der Waals surface area contributed by atoms with E-state index in [4.69, 9.17) is 15.0 Å². The van der Waals surface area contributed by atoms with Crippen LogP contribution in [0.15, 0.2) is 164 Å². The van der Waals surface area contributed by atoms with Gasteiger partial charge in [0.25, 0.3) is 0 Å².